The fourth-order valence-electron chi connectivity index (χ4n) is 5.81. The zero-order valence-corrected chi connectivity index (χ0v) is 26.1. The number of benzene rings is 4. The van der Waals surface area contributed by atoms with Crippen LogP contribution in [-0.4, -0.2) is 41.4 Å². The highest BCUT2D eigenvalue weighted by Crippen LogP contribution is 2.33. The third-order valence-electron chi connectivity index (χ3n) is 8.39. The van der Waals surface area contributed by atoms with E-state index in [-0.39, 0.29) is 29.2 Å². The lowest BCUT2D eigenvalue weighted by molar-refractivity contribution is -0.119. The maximum Gasteiger partial charge on any atom is 0.339 e. The van der Waals surface area contributed by atoms with Crippen molar-refractivity contribution >= 4 is 27.6 Å². The molecule has 45 heavy (non-hydrogen) atoms. The first-order valence-electron chi connectivity index (χ1n) is 15.2. The van der Waals surface area contributed by atoms with Gasteiger partial charge in [-0.2, -0.15) is 4.31 Å². The van der Waals surface area contributed by atoms with Gasteiger partial charge in [0.2, 0.25) is 15.9 Å². The first kappa shape index (κ1) is 31.9. The second-order valence-electron chi connectivity index (χ2n) is 11.6. The van der Waals surface area contributed by atoms with E-state index < -0.39 is 34.2 Å². The molecule has 4 aromatic carbocycles. The van der Waals surface area contributed by atoms with E-state index in [0.717, 1.165) is 28.3 Å². The third kappa shape index (κ3) is 7.79. The van der Waals surface area contributed by atoms with Crippen LogP contribution in [0.25, 0.3) is 0 Å². The lowest BCUT2D eigenvalue weighted by Gasteiger charge is -2.28. The van der Waals surface area contributed by atoms with Crippen molar-refractivity contribution in [2.45, 2.75) is 62.9 Å². The summed E-state index contributed by atoms with van der Waals surface area (Å²) in [4.78, 5) is 27.2. The number of carbonyl (C=O) groups is 2. The van der Waals surface area contributed by atoms with Crippen molar-refractivity contribution < 1.29 is 28.2 Å². The number of hydrogen-bond donors (Lipinski definition) is 2. The number of rotatable bonds is 11. The van der Waals surface area contributed by atoms with Crippen LogP contribution < -0.4 is 4.90 Å². The lowest BCUT2D eigenvalue weighted by Crippen LogP contribution is -2.42. The molecule has 8 nitrogen and oxygen atoms in total. The summed E-state index contributed by atoms with van der Waals surface area (Å²) < 4.78 is 29.0. The van der Waals surface area contributed by atoms with Crippen LogP contribution in [0.2, 0.25) is 0 Å². The van der Waals surface area contributed by atoms with E-state index in [0.29, 0.717) is 11.5 Å². The average Bonchev–Trinajstić information content (AvgIpc) is 3.04. The van der Waals surface area contributed by atoms with Crippen LogP contribution in [0.3, 0.4) is 0 Å². The summed E-state index contributed by atoms with van der Waals surface area (Å²) in [6.45, 7) is 1.45. The first-order valence-corrected chi connectivity index (χ1v) is 16.6. The van der Waals surface area contributed by atoms with Gasteiger partial charge in [0, 0.05) is 18.3 Å². The molecule has 0 atom stereocenters. The summed E-state index contributed by atoms with van der Waals surface area (Å²) >= 11 is 0. The fraction of sp³-hybridized carbons (Fsp3) is 0.278. The van der Waals surface area contributed by atoms with Crippen molar-refractivity contribution in [3.05, 3.63) is 125 Å². The van der Waals surface area contributed by atoms with Crippen molar-refractivity contribution in [2.75, 3.05) is 11.4 Å². The molecule has 1 fully saturated rings. The molecule has 1 aliphatic carbocycles. The second-order valence-corrected chi connectivity index (χ2v) is 13.6. The molecule has 9 heteroatoms. The SMILES string of the molecule is Cc1ccc(S(=O)(=O)N(CC(=O)N(Cc2ccc(C3CCCCC3)cc2)c2ccc(C(=O)O)c(O)c2)Cc2ccccc2)cc1. The van der Waals surface area contributed by atoms with Gasteiger partial charge in [-0.05, 0) is 66.6 Å². The van der Waals surface area contributed by atoms with E-state index >= 15 is 0 Å². The highest BCUT2D eigenvalue weighted by atomic mass is 32.2. The minimum absolute atomic E-state index is 0.0318. The van der Waals surface area contributed by atoms with E-state index in [1.165, 1.54) is 60.1 Å². The number of carboxylic acid groups (broad SMARTS) is 1. The van der Waals surface area contributed by atoms with Crippen LogP contribution >= 0.6 is 0 Å². The number of amides is 1. The molecule has 1 amide bonds. The van der Waals surface area contributed by atoms with Gasteiger partial charge in [-0.1, -0.05) is 91.6 Å². The predicted molar refractivity (Wildman–Crippen MR) is 174 cm³/mol. The minimum atomic E-state index is -4.09. The molecule has 5 rings (SSSR count). The Morgan fingerprint density at radius 3 is 2.07 bits per heavy atom. The molecule has 234 valence electrons. The molecule has 0 bridgehead atoms. The van der Waals surface area contributed by atoms with E-state index in [9.17, 15) is 28.2 Å². The average molecular weight is 627 g/mol. The number of nitrogens with zero attached hydrogens (tertiary/aromatic N) is 2. The third-order valence-corrected chi connectivity index (χ3v) is 10.2. The zero-order valence-electron chi connectivity index (χ0n) is 25.3. The number of aryl methyl sites for hydroxylation is 1. The molecular formula is C36H38N2O6S. The molecule has 1 aliphatic rings. The van der Waals surface area contributed by atoms with Gasteiger partial charge in [0.05, 0.1) is 18.0 Å². The van der Waals surface area contributed by atoms with Crippen LogP contribution in [0.5, 0.6) is 5.75 Å². The Morgan fingerprint density at radius 2 is 1.44 bits per heavy atom. The molecule has 0 aliphatic heterocycles. The Morgan fingerprint density at radius 1 is 0.800 bits per heavy atom. The Labute approximate surface area is 264 Å². The van der Waals surface area contributed by atoms with E-state index in [1.54, 1.807) is 24.3 Å². The summed E-state index contributed by atoms with van der Waals surface area (Å²) in [5.74, 6) is -1.79. The molecule has 2 N–H and O–H groups in total. The number of carboxylic acids is 1. The Balaban J connectivity index is 1.48. The van der Waals surface area contributed by atoms with Crippen molar-refractivity contribution in [3.63, 3.8) is 0 Å². The summed E-state index contributed by atoms with van der Waals surface area (Å²) in [7, 11) is -4.09. The normalized spacial score (nSPS) is 13.9. The number of sulfonamides is 1. The smallest absolute Gasteiger partial charge is 0.339 e. The van der Waals surface area contributed by atoms with Crippen LogP contribution in [0.4, 0.5) is 5.69 Å². The number of phenols is 1. The summed E-state index contributed by atoms with van der Waals surface area (Å²) in [6, 6.07) is 27.6. The number of aromatic hydroxyl groups is 1. The predicted octanol–water partition coefficient (Wildman–Crippen LogP) is 6.87. The van der Waals surface area contributed by atoms with E-state index in [2.05, 4.69) is 12.1 Å². The van der Waals surface area contributed by atoms with Crippen molar-refractivity contribution in [3.8, 4) is 5.75 Å². The first-order chi connectivity index (χ1) is 21.6. The Kier molecular flexibility index (Phi) is 10.0. The maximum absolute atomic E-state index is 14.1. The number of carbonyl (C=O) groups excluding carboxylic acids is 1. The number of aromatic carboxylic acids is 1. The fourth-order valence-corrected chi connectivity index (χ4v) is 7.19. The zero-order chi connectivity index (χ0) is 32.0. The van der Waals surface area contributed by atoms with Crippen LogP contribution in [0.15, 0.2) is 102 Å². The lowest BCUT2D eigenvalue weighted by atomic mass is 9.84. The highest BCUT2D eigenvalue weighted by Gasteiger charge is 2.30. The molecule has 0 radical (unpaired) electrons. The second kappa shape index (κ2) is 14.1. The van der Waals surface area contributed by atoms with Crippen molar-refractivity contribution in [2.24, 2.45) is 0 Å². The topological polar surface area (TPSA) is 115 Å². The molecule has 0 aromatic heterocycles. The molecule has 0 spiro atoms. The minimum Gasteiger partial charge on any atom is -0.507 e. The monoisotopic (exact) mass is 626 g/mol. The molecular weight excluding hydrogens is 588 g/mol. The molecule has 0 saturated heterocycles. The van der Waals surface area contributed by atoms with E-state index in [1.807, 2.05) is 37.3 Å². The maximum atomic E-state index is 14.1. The number of anilines is 1. The highest BCUT2D eigenvalue weighted by molar-refractivity contribution is 7.89. The van der Waals surface area contributed by atoms with Gasteiger partial charge in [-0.15, -0.1) is 0 Å². The summed E-state index contributed by atoms with van der Waals surface area (Å²) in [5, 5.41) is 19.9. The summed E-state index contributed by atoms with van der Waals surface area (Å²) in [6.07, 6.45) is 6.02. The largest absolute Gasteiger partial charge is 0.507 e. The van der Waals surface area contributed by atoms with Gasteiger partial charge in [-0.3, -0.25) is 4.79 Å². The van der Waals surface area contributed by atoms with Crippen LogP contribution in [0, 0.1) is 6.92 Å². The number of hydrogen-bond acceptors (Lipinski definition) is 5. The van der Waals surface area contributed by atoms with Gasteiger partial charge < -0.3 is 15.1 Å². The van der Waals surface area contributed by atoms with Gasteiger partial charge in [0.25, 0.3) is 0 Å². The van der Waals surface area contributed by atoms with Gasteiger partial charge in [0.15, 0.2) is 0 Å². The van der Waals surface area contributed by atoms with Gasteiger partial charge >= 0.3 is 5.97 Å². The Bertz CT molecular complexity index is 1730. The van der Waals surface area contributed by atoms with Crippen molar-refractivity contribution in [1.82, 2.24) is 4.31 Å². The molecule has 0 heterocycles. The standard InChI is InChI=1S/C36H38N2O6S/c1-26-12-19-32(20-13-26)45(43,44)37(23-27-8-4-2-5-9-27)25-35(40)38(31-18-21-33(36(41)42)34(39)22-31)24-28-14-16-30(17-15-28)29-10-6-3-7-11-29/h2,4-5,8-9,12-22,29,39H,3,6-7,10-11,23-25H2,1H3,(H,41,42). The van der Waals surface area contributed by atoms with Crippen molar-refractivity contribution in [1.29, 1.82) is 0 Å². The molecule has 4 aromatic rings. The van der Waals surface area contributed by atoms with E-state index in [4.69, 9.17) is 0 Å². The van der Waals surface area contributed by atoms with Crippen LogP contribution in [0.1, 0.15) is 70.6 Å². The summed E-state index contributed by atoms with van der Waals surface area (Å²) in [5.41, 5.74) is 3.67. The quantitative estimate of drug-likeness (QED) is 0.188. The van der Waals surface area contributed by atoms with Crippen LogP contribution in [-0.2, 0) is 27.9 Å². The molecule has 0 unspecified atom stereocenters. The molecule has 1 saturated carbocycles. The Hall–Kier alpha value is -4.47. The van der Waals surface area contributed by atoms with Gasteiger partial charge in [0.1, 0.15) is 11.3 Å². The van der Waals surface area contributed by atoms with Gasteiger partial charge in [-0.25, -0.2) is 13.2 Å².